The van der Waals surface area contributed by atoms with Crippen LogP contribution in [0.15, 0.2) is 30.3 Å². The fraction of sp³-hybridized carbons (Fsp3) is 0.556. The lowest BCUT2D eigenvalue weighted by molar-refractivity contribution is -0.147. The first-order valence-electron chi connectivity index (χ1n) is 8.27. The number of carbonyl (C=O) groups excluding carboxylic acids is 2. The summed E-state index contributed by atoms with van der Waals surface area (Å²) in [5.41, 5.74) is 0.940. The first kappa shape index (κ1) is 17.5. The largest absolute Gasteiger partial charge is 0.461 e. The molecule has 1 unspecified atom stereocenters. The molecule has 1 aliphatic rings. The van der Waals surface area contributed by atoms with Crippen molar-refractivity contribution in [3.8, 4) is 0 Å². The number of aliphatic hydroxyl groups is 1. The van der Waals surface area contributed by atoms with E-state index in [0.717, 1.165) is 31.4 Å². The minimum atomic E-state index is -0.342. The zero-order chi connectivity index (χ0) is 16.5. The van der Waals surface area contributed by atoms with E-state index >= 15 is 0 Å². The Labute approximate surface area is 137 Å². The average Bonchev–Trinajstić information content (AvgIpc) is 2.59. The molecule has 1 amide bonds. The maximum absolute atomic E-state index is 12.2. The quantitative estimate of drug-likeness (QED) is 0.782. The first-order chi connectivity index (χ1) is 11.2. The van der Waals surface area contributed by atoms with Gasteiger partial charge in [-0.05, 0) is 30.7 Å². The van der Waals surface area contributed by atoms with E-state index < -0.39 is 0 Å². The molecule has 1 aliphatic heterocycles. The van der Waals surface area contributed by atoms with E-state index in [2.05, 4.69) is 0 Å². The molecule has 0 bridgehead atoms. The van der Waals surface area contributed by atoms with Crippen molar-refractivity contribution in [2.24, 2.45) is 5.92 Å². The Morgan fingerprint density at radius 3 is 2.74 bits per heavy atom. The van der Waals surface area contributed by atoms with Gasteiger partial charge in [0.25, 0.3) is 0 Å². The second-order valence-electron chi connectivity index (χ2n) is 6.01. The van der Waals surface area contributed by atoms with Crippen LogP contribution >= 0.6 is 0 Å². The molecular weight excluding hydrogens is 294 g/mol. The molecule has 0 radical (unpaired) electrons. The van der Waals surface area contributed by atoms with Gasteiger partial charge in [-0.1, -0.05) is 30.3 Å². The van der Waals surface area contributed by atoms with E-state index in [0.29, 0.717) is 12.5 Å². The molecule has 126 valence electrons. The fourth-order valence-corrected chi connectivity index (χ4v) is 2.89. The van der Waals surface area contributed by atoms with Gasteiger partial charge in [0.1, 0.15) is 6.61 Å². The van der Waals surface area contributed by atoms with Crippen LogP contribution in [0.5, 0.6) is 0 Å². The van der Waals surface area contributed by atoms with E-state index in [-0.39, 0.29) is 37.9 Å². The van der Waals surface area contributed by atoms with Gasteiger partial charge in [0.05, 0.1) is 6.42 Å². The summed E-state index contributed by atoms with van der Waals surface area (Å²) >= 11 is 0. The number of likely N-dealkylation sites (tertiary alicyclic amines) is 1. The normalized spacial score (nSPS) is 17.8. The molecule has 0 spiro atoms. The van der Waals surface area contributed by atoms with Crippen LogP contribution in [0.3, 0.4) is 0 Å². The maximum Gasteiger partial charge on any atom is 0.306 e. The van der Waals surface area contributed by atoms with Crippen molar-refractivity contribution < 1.29 is 19.4 Å². The number of amides is 1. The van der Waals surface area contributed by atoms with E-state index in [1.54, 1.807) is 0 Å². The molecule has 0 saturated carbocycles. The van der Waals surface area contributed by atoms with Gasteiger partial charge in [0.2, 0.25) is 5.91 Å². The number of nitrogens with zero attached hydrogens (tertiary/aromatic N) is 1. The molecule has 1 atom stereocenters. The molecule has 1 aromatic rings. The SMILES string of the molecule is O=C(CCC(=O)N1CCCC(CCO)C1)OCc1ccccc1. The van der Waals surface area contributed by atoms with Crippen LogP contribution in [-0.4, -0.2) is 41.6 Å². The molecule has 5 nitrogen and oxygen atoms in total. The third kappa shape index (κ3) is 6.02. The lowest BCUT2D eigenvalue weighted by atomic mass is 9.95. The Morgan fingerprint density at radius 2 is 2.00 bits per heavy atom. The molecule has 1 aromatic carbocycles. The number of hydrogen-bond acceptors (Lipinski definition) is 4. The minimum Gasteiger partial charge on any atom is -0.461 e. The second kappa shape index (κ2) is 9.30. The lowest BCUT2D eigenvalue weighted by Gasteiger charge is -2.32. The van der Waals surface area contributed by atoms with E-state index in [4.69, 9.17) is 9.84 Å². The first-order valence-corrected chi connectivity index (χ1v) is 8.27. The van der Waals surface area contributed by atoms with E-state index in [1.165, 1.54) is 0 Å². The topological polar surface area (TPSA) is 66.8 Å². The van der Waals surface area contributed by atoms with Crippen LogP contribution in [0.4, 0.5) is 0 Å². The smallest absolute Gasteiger partial charge is 0.306 e. The standard InChI is InChI=1S/C18H25NO4/c20-12-10-15-7-4-11-19(13-15)17(21)8-9-18(22)23-14-16-5-2-1-3-6-16/h1-3,5-6,15,20H,4,7-14H2. The summed E-state index contributed by atoms with van der Waals surface area (Å²) in [5.74, 6) is 0.0400. The van der Waals surface area contributed by atoms with Crippen LogP contribution in [-0.2, 0) is 20.9 Å². The zero-order valence-corrected chi connectivity index (χ0v) is 13.4. The molecule has 1 fully saturated rings. The van der Waals surface area contributed by atoms with Gasteiger partial charge in [-0.2, -0.15) is 0 Å². The third-order valence-corrected chi connectivity index (χ3v) is 4.19. The summed E-state index contributed by atoms with van der Waals surface area (Å²) in [4.78, 5) is 25.7. The summed E-state index contributed by atoms with van der Waals surface area (Å²) < 4.78 is 5.18. The van der Waals surface area contributed by atoms with Crippen LogP contribution < -0.4 is 0 Å². The predicted octanol–water partition coefficient (Wildman–Crippen LogP) is 2.13. The van der Waals surface area contributed by atoms with Crippen molar-refractivity contribution in [2.45, 2.75) is 38.7 Å². The number of rotatable bonds is 7. The number of ether oxygens (including phenoxy) is 1. The highest BCUT2D eigenvalue weighted by atomic mass is 16.5. The summed E-state index contributed by atoms with van der Waals surface area (Å²) in [6.45, 7) is 1.85. The van der Waals surface area contributed by atoms with Crippen LogP contribution in [0.25, 0.3) is 0 Å². The summed E-state index contributed by atoms with van der Waals surface area (Å²) in [6.07, 6.45) is 3.08. The Hall–Kier alpha value is -1.88. The van der Waals surface area contributed by atoms with E-state index in [1.807, 2.05) is 35.2 Å². The highest BCUT2D eigenvalue weighted by molar-refractivity contribution is 5.81. The summed E-state index contributed by atoms with van der Waals surface area (Å²) in [5, 5.41) is 9.01. The van der Waals surface area contributed by atoms with Gasteiger partial charge in [-0.25, -0.2) is 0 Å². The van der Waals surface area contributed by atoms with Gasteiger partial charge < -0.3 is 14.7 Å². The summed E-state index contributed by atoms with van der Waals surface area (Å²) in [6, 6.07) is 9.49. The van der Waals surface area contributed by atoms with Crippen molar-refractivity contribution in [3.05, 3.63) is 35.9 Å². The molecule has 0 aliphatic carbocycles. The minimum absolute atomic E-state index is 0.00398. The van der Waals surface area contributed by atoms with Crippen LogP contribution in [0.1, 0.15) is 37.7 Å². The predicted molar refractivity (Wildman–Crippen MR) is 86.5 cm³/mol. The molecule has 2 rings (SSSR count). The number of aliphatic hydroxyl groups excluding tert-OH is 1. The number of hydrogen-bond donors (Lipinski definition) is 1. The van der Waals surface area contributed by atoms with Crippen molar-refractivity contribution in [2.75, 3.05) is 19.7 Å². The number of piperidine rings is 1. The molecule has 23 heavy (non-hydrogen) atoms. The Balaban J connectivity index is 1.68. The van der Waals surface area contributed by atoms with Crippen molar-refractivity contribution in [3.63, 3.8) is 0 Å². The third-order valence-electron chi connectivity index (χ3n) is 4.19. The molecule has 5 heteroatoms. The highest BCUT2D eigenvalue weighted by Crippen LogP contribution is 2.20. The lowest BCUT2D eigenvalue weighted by Crippen LogP contribution is -2.40. The Bertz CT molecular complexity index is 501. The Kier molecular flexibility index (Phi) is 7.07. The van der Waals surface area contributed by atoms with Gasteiger partial charge in [0.15, 0.2) is 0 Å². The maximum atomic E-state index is 12.2. The van der Waals surface area contributed by atoms with Crippen LogP contribution in [0, 0.1) is 5.92 Å². The molecular formula is C18H25NO4. The van der Waals surface area contributed by atoms with Crippen molar-refractivity contribution >= 4 is 11.9 Å². The van der Waals surface area contributed by atoms with Crippen LogP contribution in [0.2, 0.25) is 0 Å². The average molecular weight is 319 g/mol. The van der Waals surface area contributed by atoms with Crippen molar-refractivity contribution in [1.82, 2.24) is 4.90 Å². The summed E-state index contributed by atoms with van der Waals surface area (Å²) in [7, 11) is 0. The number of benzene rings is 1. The molecule has 1 saturated heterocycles. The fourth-order valence-electron chi connectivity index (χ4n) is 2.89. The van der Waals surface area contributed by atoms with Gasteiger partial charge >= 0.3 is 5.97 Å². The van der Waals surface area contributed by atoms with Crippen molar-refractivity contribution in [1.29, 1.82) is 0 Å². The van der Waals surface area contributed by atoms with Gasteiger partial charge in [0, 0.05) is 26.1 Å². The molecule has 1 heterocycles. The van der Waals surface area contributed by atoms with Gasteiger partial charge in [-0.15, -0.1) is 0 Å². The number of esters is 1. The molecule has 1 N–H and O–H groups in total. The molecule has 0 aromatic heterocycles. The highest BCUT2D eigenvalue weighted by Gasteiger charge is 2.23. The number of carbonyl (C=O) groups is 2. The zero-order valence-electron chi connectivity index (χ0n) is 13.4. The Morgan fingerprint density at radius 1 is 1.22 bits per heavy atom. The monoisotopic (exact) mass is 319 g/mol. The van der Waals surface area contributed by atoms with Gasteiger partial charge in [-0.3, -0.25) is 9.59 Å². The van der Waals surface area contributed by atoms with E-state index in [9.17, 15) is 9.59 Å². The second-order valence-corrected chi connectivity index (χ2v) is 6.01.